The van der Waals surface area contributed by atoms with Gasteiger partial charge in [-0.2, -0.15) is 0 Å². The van der Waals surface area contributed by atoms with E-state index in [-0.39, 0.29) is 0 Å². The molecule has 0 aliphatic rings. The van der Waals surface area contributed by atoms with Crippen LogP contribution >= 0.6 is 34.8 Å². The first-order valence-electron chi connectivity index (χ1n) is 4.00. The second-order valence-corrected chi connectivity index (χ2v) is 4.25. The van der Waals surface area contributed by atoms with Gasteiger partial charge in [-0.3, -0.25) is 4.98 Å². The molecule has 0 atom stereocenters. The van der Waals surface area contributed by atoms with Crippen LogP contribution in [0, 0.1) is 6.92 Å². The van der Waals surface area contributed by atoms with Crippen molar-refractivity contribution in [2.75, 3.05) is 0 Å². The molecule has 0 spiro atoms. The maximum absolute atomic E-state index is 6.04. The van der Waals surface area contributed by atoms with Crippen LogP contribution in [0.2, 0.25) is 15.1 Å². The van der Waals surface area contributed by atoms with Crippen molar-refractivity contribution in [2.45, 2.75) is 6.92 Å². The minimum atomic E-state index is 0.492. The molecule has 0 radical (unpaired) electrons. The third kappa shape index (κ3) is 1.68. The van der Waals surface area contributed by atoms with Crippen LogP contribution in [-0.2, 0) is 0 Å². The normalized spacial score (nSPS) is 10.9. The topological polar surface area (TPSA) is 12.9 Å². The van der Waals surface area contributed by atoms with E-state index in [2.05, 4.69) is 4.98 Å². The van der Waals surface area contributed by atoms with E-state index < -0.39 is 0 Å². The lowest BCUT2D eigenvalue weighted by Crippen LogP contribution is -1.85. The SMILES string of the molecule is Cc1cc(Cl)c2cc(Cl)c(Cl)cc2n1. The molecule has 0 N–H and O–H groups in total. The first-order chi connectivity index (χ1) is 6.58. The molecule has 0 saturated heterocycles. The third-order valence-corrected chi connectivity index (χ3v) is 2.96. The quantitative estimate of drug-likeness (QED) is 0.667. The van der Waals surface area contributed by atoms with Gasteiger partial charge in [-0.05, 0) is 25.1 Å². The molecule has 0 unspecified atom stereocenters. The van der Waals surface area contributed by atoms with Gasteiger partial charge in [-0.1, -0.05) is 34.8 Å². The van der Waals surface area contributed by atoms with Crippen molar-refractivity contribution in [3.8, 4) is 0 Å². The molecule has 0 aliphatic heterocycles. The van der Waals surface area contributed by atoms with Crippen molar-refractivity contribution in [3.63, 3.8) is 0 Å². The molecule has 0 aliphatic carbocycles. The molecule has 0 fully saturated rings. The highest BCUT2D eigenvalue weighted by Crippen LogP contribution is 2.31. The Morgan fingerprint density at radius 3 is 2.29 bits per heavy atom. The summed E-state index contributed by atoms with van der Waals surface area (Å²) in [5.74, 6) is 0. The number of pyridine rings is 1. The molecule has 0 amide bonds. The zero-order valence-electron chi connectivity index (χ0n) is 7.31. The van der Waals surface area contributed by atoms with Crippen molar-refractivity contribution in [3.05, 3.63) is 39.0 Å². The molecule has 4 heteroatoms. The lowest BCUT2D eigenvalue weighted by atomic mass is 10.2. The van der Waals surface area contributed by atoms with E-state index in [0.29, 0.717) is 15.1 Å². The summed E-state index contributed by atoms with van der Waals surface area (Å²) in [6.07, 6.45) is 0. The van der Waals surface area contributed by atoms with Crippen molar-refractivity contribution < 1.29 is 0 Å². The zero-order valence-corrected chi connectivity index (χ0v) is 9.58. The van der Waals surface area contributed by atoms with Gasteiger partial charge >= 0.3 is 0 Å². The number of nitrogens with zero attached hydrogens (tertiary/aromatic N) is 1. The largest absolute Gasteiger partial charge is 0.253 e. The highest BCUT2D eigenvalue weighted by Gasteiger charge is 2.05. The maximum Gasteiger partial charge on any atom is 0.0736 e. The lowest BCUT2D eigenvalue weighted by Gasteiger charge is -2.03. The molecular weight excluding hydrogens is 240 g/mol. The van der Waals surface area contributed by atoms with E-state index in [4.69, 9.17) is 34.8 Å². The van der Waals surface area contributed by atoms with Crippen LogP contribution in [0.4, 0.5) is 0 Å². The molecular formula is C10H6Cl3N. The summed E-state index contributed by atoms with van der Waals surface area (Å²) in [4.78, 5) is 4.31. The number of aryl methyl sites for hydroxylation is 1. The standard InChI is InChI=1S/C10H6Cl3N/c1-5-2-7(11)6-3-8(12)9(13)4-10(6)14-5/h2-4H,1H3. The average Bonchev–Trinajstić information content (AvgIpc) is 2.08. The van der Waals surface area contributed by atoms with Gasteiger partial charge in [0, 0.05) is 11.1 Å². The van der Waals surface area contributed by atoms with Crippen molar-refractivity contribution >= 4 is 45.7 Å². The van der Waals surface area contributed by atoms with Gasteiger partial charge in [0.1, 0.15) is 0 Å². The number of rotatable bonds is 0. The average molecular weight is 247 g/mol. The maximum atomic E-state index is 6.04. The van der Waals surface area contributed by atoms with Crippen molar-refractivity contribution in [2.24, 2.45) is 0 Å². The van der Waals surface area contributed by atoms with Gasteiger partial charge in [-0.25, -0.2) is 0 Å². The fourth-order valence-corrected chi connectivity index (χ4v) is 1.93. The van der Waals surface area contributed by atoms with Gasteiger partial charge in [0.25, 0.3) is 0 Å². The van der Waals surface area contributed by atoms with Gasteiger partial charge < -0.3 is 0 Å². The van der Waals surface area contributed by atoms with Gasteiger partial charge in [-0.15, -0.1) is 0 Å². The Hall–Kier alpha value is -0.500. The number of benzene rings is 1. The minimum Gasteiger partial charge on any atom is -0.253 e. The van der Waals surface area contributed by atoms with Gasteiger partial charge in [0.05, 0.1) is 20.6 Å². The highest BCUT2D eigenvalue weighted by molar-refractivity contribution is 6.43. The first-order valence-corrected chi connectivity index (χ1v) is 5.13. The predicted octanol–water partition coefficient (Wildman–Crippen LogP) is 4.50. The molecule has 72 valence electrons. The molecule has 1 aromatic carbocycles. The van der Waals surface area contributed by atoms with Crippen molar-refractivity contribution in [1.82, 2.24) is 4.98 Å². The van der Waals surface area contributed by atoms with Crippen LogP contribution in [0.15, 0.2) is 18.2 Å². The Balaban J connectivity index is 2.89. The summed E-state index contributed by atoms with van der Waals surface area (Å²) in [7, 11) is 0. The van der Waals surface area contributed by atoms with Crippen molar-refractivity contribution in [1.29, 1.82) is 0 Å². The fraction of sp³-hybridized carbons (Fsp3) is 0.100. The fourth-order valence-electron chi connectivity index (χ4n) is 1.30. The molecule has 0 saturated carbocycles. The lowest BCUT2D eigenvalue weighted by molar-refractivity contribution is 1.26. The molecule has 1 nitrogen and oxygen atoms in total. The Bertz CT molecular complexity index is 508. The Kier molecular flexibility index (Phi) is 2.56. The van der Waals surface area contributed by atoms with Gasteiger partial charge in [0.15, 0.2) is 0 Å². The number of hydrogen-bond donors (Lipinski definition) is 0. The molecule has 1 heterocycles. The summed E-state index contributed by atoms with van der Waals surface area (Å²) in [6, 6.07) is 5.25. The molecule has 0 bridgehead atoms. The highest BCUT2D eigenvalue weighted by atomic mass is 35.5. The van der Waals surface area contributed by atoms with Crippen LogP contribution in [0.25, 0.3) is 10.9 Å². The number of halogens is 3. The molecule has 2 rings (SSSR count). The van der Waals surface area contributed by atoms with Crippen LogP contribution in [0.5, 0.6) is 0 Å². The third-order valence-electron chi connectivity index (χ3n) is 1.93. The molecule has 2 aromatic rings. The first kappa shape index (κ1) is 10.0. The van der Waals surface area contributed by atoms with E-state index in [0.717, 1.165) is 16.6 Å². The van der Waals surface area contributed by atoms with Crippen LogP contribution in [0.1, 0.15) is 5.69 Å². The smallest absolute Gasteiger partial charge is 0.0736 e. The van der Waals surface area contributed by atoms with Crippen LogP contribution in [0.3, 0.4) is 0 Å². The zero-order chi connectivity index (χ0) is 10.3. The summed E-state index contributed by atoms with van der Waals surface area (Å²) in [6.45, 7) is 1.88. The van der Waals surface area contributed by atoms with Gasteiger partial charge in [0.2, 0.25) is 0 Å². The summed E-state index contributed by atoms with van der Waals surface area (Å²) >= 11 is 17.8. The molecule has 14 heavy (non-hydrogen) atoms. The summed E-state index contributed by atoms with van der Waals surface area (Å²) in [5.41, 5.74) is 1.63. The second-order valence-electron chi connectivity index (χ2n) is 3.03. The Morgan fingerprint density at radius 2 is 1.57 bits per heavy atom. The number of fused-ring (bicyclic) bond motifs is 1. The van der Waals surface area contributed by atoms with E-state index >= 15 is 0 Å². The number of aromatic nitrogens is 1. The number of hydrogen-bond acceptors (Lipinski definition) is 1. The van der Waals surface area contributed by atoms with Crippen LogP contribution < -0.4 is 0 Å². The predicted molar refractivity (Wildman–Crippen MR) is 61.5 cm³/mol. The minimum absolute atomic E-state index is 0.492. The van der Waals surface area contributed by atoms with E-state index in [1.807, 2.05) is 6.92 Å². The van der Waals surface area contributed by atoms with E-state index in [9.17, 15) is 0 Å². The Morgan fingerprint density at radius 1 is 0.929 bits per heavy atom. The molecule has 1 aromatic heterocycles. The summed E-state index contributed by atoms with van der Waals surface area (Å²) < 4.78 is 0. The van der Waals surface area contributed by atoms with E-state index in [1.165, 1.54) is 0 Å². The van der Waals surface area contributed by atoms with E-state index in [1.54, 1.807) is 18.2 Å². The second kappa shape index (κ2) is 3.58. The summed E-state index contributed by atoms with van der Waals surface area (Å²) in [5, 5.41) is 2.46. The Labute approximate surface area is 96.6 Å². The van der Waals surface area contributed by atoms with Crippen LogP contribution in [-0.4, -0.2) is 4.98 Å². The monoisotopic (exact) mass is 245 g/mol.